The van der Waals surface area contributed by atoms with Crippen LogP contribution in [0, 0.1) is 0 Å². The Kier molecular flexibility index (Phi) is 6.16. The summed E-state index contributed by atoms with van der Waals surface area (Å²) in [5, 5.41) is 7.88. The lowest BCUT2D eigenvalue weighted by atomic mass is 9.82. The van der Waals surface area contributed by atoms with Crippen LogP contribution in [0.25, 0.3) is 64.0 Å². The average molecular weight is 644 g/mol. The molecule has 0 saturated heterocycles. The van der Waals surface area contributed by atoms with E-state index >= 15 is 0 Å². The largest absolute Gasteiger partial charge is 0.310 e. The molecular formula is C47H33NS. The predicted molar refractivity (Wildman–Crippen MR) is 212 cm³/mol. The van der Waals surface area contributed by atoms with Gasteiger partial charge in [-0.3, -0.25) is 0 Å². The molecule has 8 aromatic carbocycles. The molecule has 1 aliphatic rings. The summed E-state index contributed by atoms with van der Waals surface area (Å²) >= 11 is 1.91. The zero-order valence-corrected chi connectivity index (χ0v) is 28.3. The van der Waals surface area contributed by atoms with Gasteiger partial charge in [0.1, 0.15) is 0 Å². The van der Waals surface area contributed by atoms with Crippen LogP contribution in [0.4, 0.5) is 17.1 Å². The van der Waals surface area contributed by atoms with Crippen LogP contribution >= 0.6 is 11.3 Å². The van der Waals surface area contributed by atoms with Crippen molar-refractivity contribution in [3.8, 4) is 22.3 Å². The van der Waals surface area contributed by atoms with Crippen LogP contribution < -0.4 is 4.90 Å². The molecule has 1 aromatic heterocycles. The Morgan fingerprint density at radius 3 is 1.96 bits per heavy atom. The van der Waals surface area contributed by atoms with Crippen molar-refractivity contribution < 1.29 is 0 Å². The minimum Gasteiger partial charge on any atom is -0.310 e. The molecule has 0 aliphatic heterocycles. The third-order valence-electron chi connectivity index (χ3n) is 10.6. The summed E-state index contributed by atoms with van der Waals surface area (Å²) in [7, 11) is 0. The zero-order valence-electron chi connectivity index (χ0n) is 27.4. The summed E-state index contributed by atoms with van der Waals surface area (Å²) in [4.78, 5) is 2.44. The number of fused-ring (bicyclic) bond motifs is 10. The van der Waals surface area contributed by atoms with Crippen LogP contribution in [-0.4, -0.2) is 0 Å². The number of benzene rings is 8. The average Bonchev–Trinajstić information content (AvgIpc) is 3.64. The Labute approximate surface area is 290 Å². The molecule has 9 aromatic rings. The van der Waals surface area contributed by atoms with Gasteiger partial charge < -0.3 is 4.90 Å². The first kappa shape index (κ1) is 28.3. The van der Waals surface area contributed by atoms with Gasteiger partial charge in [-0.05, 0) is 85.9 Å². The van der Waals surface area contributed by atoms with Crippen molar-refractivity contribution >= 4 is 70.1 Å². The van der Waals surface area contributed by atoms with E-state index in [1.165, 1.54) is 80.8 Å². The molecule has 49 heavy (non-hydrogen) atoms. The van der Waals surface area contributed by atoms with E-state index in [4.69, 9.17) is 0 Å². The molecule has 10 rings (SSSR count). The highest BCUT2D eigenvalue weighted by atomic mass is 32.1. The number of hydrogen-bond donors (Lipinski definition) is 0. The smallest absolute Gasteiger partial charge is 0.0476 e. The molecule has 0 spiro atoms. The van der Waals surface area contributed by atoms with Gasteiger partial charge >= 0.3 is 0 Å². The number of thiophene rings is 1. The van der Waals surface area contributed by atoms with E-state index in [0.717, 1.165) is 11.4 Å². The molecule has 1 aliphatic carbocycles. The number of anilines is 3. The fourth-order valence-corrected chi connectivity index (χ4v) is 9.47. The lowest BCUT2D eigenvalue weighted by molar-refractivity contribution is 0.660. The molecule has 0 bridgehead atoms. The minimum absolute atomic E-state index is 0.0793. The molecule has 0 saturated carbocycles. The molecule has 1 heterocycles. The van der Waals surface area contributed by atoms with Crippen LogP contribution in [0.5, 0.6) is 0 Å². The second kappa shape index (κ2) is 10.7. The van der Waals surface area contributed by atoms with E-state index in [0.29, 0.717) is 0 Å². The van der Waals surface area contributed by atoms with Crippen molar-refractivity contribution in [2.24, 2.45) is 0 Å². The van der Waals surface area contributed by atoms with Gasteiger partial charge in [0.15, 0.2) is 0 Å². The fourth-order valence-electron chi connectivity index (χ4n) is 8.16. The molecule has 0 fully saturated rings. The predicted octanol–water partition coefficient (Wildman–Crippen LogP) is 13.8. The molecular weight excluding hydrogens is 611 g/mol. The minimum atomic E-state index is -0.0793. The summed E-state index contributed by atoms with van der Waals surface area (Å²) in [6, 6.07) is 60.5. The highest BCUT2D eigenvalue weighted by Gasteiger charge is 2.35. The van der Waals surface area contributed by atoms with E-state index in [9.17, 15) is 0 Å². The molecule has 0 radical (unpaired) electrons. The number of hydrogen-bond acceptors (Lipinski definition) is 2. The van der Waals surface area contributed by atoms with E-state index in [1.54, 1.807) is 0 Å². The summed E-state index contributed by atoms with van der Waals surface area (Å²) < 4.78 is 2.66. The van der Waals surface area contributed by atoms with Gasteiger partial charge in [0.2, 0.25) is 0 Å². The zero-order chi connectivity index (χ0) is 32.7. The van der Waals surface area contributed by atoms with Crippen molar-refractivity contribution in [3.63, 3.8) is 0 Å². The first-order valence-corrected chi connectivity index (χ1v) is 17.8. The van der Waals surface area contributed by atoms with Gasteiger partial charge in [-0.1, -0.05) is 141 Å². The van der Waals surface area contributed by atoms with Crippen molar-refractivity contribution in [3.05, 3.63) is 175 Å². The summed E-state index contributed by atoms with van der Waals surface area (Å²) in [5.74, 6) is 0. The topological polar surface area (TPSA) is 3.24 Å². The lowest BCUT2D eigenvalue weighted by Gasteiger charge is -2.28. The molecule has 0 unspecified atom stereocenters. The van der Waals surface area contributed by atoms with Crippen LogP contribution in [0.1, 0.15) is 25.0 Å². The van der Waals surface area contributed by atoms with E-state index in [2.05, 4.69) is 183 Å². The van der Waals surface area contributed by atoms with Crippen molar-refractivity contribution in [1.29, 1.82) is 0 Å². The maximum Gasteiger partial charge on any atom is 0.0476 e. The monoisotopic (exact) mass is 643 g/mol. The molecule has 1 nitrogen and oxygen atoms in total. The highest BCUT2D eigenvalue weighted by Crippen LogP contribution is 2.51. The first-order valence-electron chi connectivity index (χ1n) is 17.0. The fraction of sp³-hybridized carbons (Fsp3) is 0.0638. The SMILES string of the molecule is CC1(C)c2ccccc2-c2ccc(N(c3ccc(-c4ccccc4)cc3)c3ccc4c(c3)sc3c4ccc4ccc5ccccc5c43)cc21. The Balaban J connectivity index is 1.17. The molecule has 232 valence electrons. The third-order valence-corrected chi connectivity index (χ3v) is 11.8. The van der Waals surface area contributed by atoms with E-state index < -0.39 is 0 Å². The lowest BCUT2D eigenvalue weighted by Crippen LogP contribution is -2.16. The van der Waals surface area contributed by atoms with E-state index in [1.807, 2.05) is 11.3 Å². The Morgan fingerprint density at radius 1 is 0.449 bits per heavy atom. The molecule has 0 amide bonds. The van der Waals surface area contributed by atoms with Crippen molar-refractivity contribution in [2.75, 3.05) is 4.90 Å². The van der Waals surface area contributed by atoms with E-state index in [-0.39, 0.29) is 5.41 Å². The van der Waals surface area contributed by atoms with Gasteiger partial charge in [-0.2, -0.15) is 0 Å². The van der Waals surface area contributed by atoms with Gasteiger partial charge in [0.05, 0.1) is 0 Å². The first-order chi connectivity index (χ1) is 24.0. The molecule has 2 heteroatoms. The quantitative estimate of drug-likeness (QED) is 0.173. The van der Waals surface area contributed by atoms with Gasteiger partial charge in [-0.25, -0.2) is 0 Å². The second-order valence-corrected chi connectivity index (χ2v) is 14.8. The van der Waals surface area contributed by atoms with Crippen LogP contribution in [-0.2, 0) is 5.41 Å². The van der Waals surface area contributed by atoms with Gasteiger partial charge in [0, 0.05) is 48.0 Å². The number of nitrogens with zero attached hydrogens (tertiary/aromatic N) is 1. The third kappa shape index (κ3) is 4.31. The summed E-state index contributed by atoms with van der Waals surface area (Å²) in [5.41, 5.74) is 11.3. The summed E-state index contributed by atoms with van der Waals surface area (Å²) in [6.07, 6.45) is 0. The van der Waals surface area contributed by atoms with Crippen molar-refractivity contribution in [2.45, 2.75) is 19.3 Å². The Bertz CT molecular complexity index is 2730. The second-order valence-electron chi connectivity index (χ2n) is 13.8. The maximum atomic E-state index is 2.44. The molecule has 0 atom stereocenters. The maximum absolute atomic E-state index is 2.44. The standard InChI is InChI=1S/C47H33NS/c1-47(2)42-15-9-8-14-38(42)39-26-23-35(28-43(39)47)48(34-21-18-31(19-22-34)30-10-4-3-5-11-30)36-24-27-40-41-25-20-33-17-16-32-12-6-7-13-37(32)45(33)46(41)49-44(40)29-36/h3-29H,1-2H3. The number of rotatable bonds is 4. The van der Waals surface area contributed by atoms with Gasteiger partial charge in [-0.15, -0.1) is 11.3 Å². The van der Waals surface area contributed by atoms with Gasteiger partial charge in [0.25, 0.3) is 0 Å². The Hall–Kier alpha value is -5.70. The van der Waals surface area contributed by atoms with Crippen LogP contribution in [0.2, 0.25) is 0 Å². The normalized spacial score (nSPS) is 13.3. The van der Waals surface area contributed by atoms with Crippen LogP contribution in [0.15, 0.2) is 164 Å². The Morgan fingerprint density at radius 2 is 1.08 bits per heavy atom. The van der Waals surface area contributed by atoms with Crippen molar-refractivity contribution in [1.82, 2.24) is 0 Å². The summed E-state index contributed by atoms with van der Waals surface area (Å²) in [6.45, 7) is 4.72. The highest BCUT2D eigenvalue weighted by molar-refractivity contribution is 7.26. The van der Waals surface area contributed by atoms with Crippen LogP contribution in [0.3, 0.4) is 0 Å². The molecule has 0 N–H and O–H groups in total.